The highest BCUT2D eigenvalue weighted by atomic mass is 32.2. The number of pyridine rings is 1. The highest BCUT2D eigenvalue weighted by Crippen LogP contribution is 2.39. The van der Waals surface area contributed by atoms with Gasteiger partial charge in [0.1, 0.15) is 10.6 Å². The molecule has 1 aliphatic rings. The number of hydrogen-bond acceptors (Lipinski definition) is 7. The molecule has 31 heavy (non-hydrogen) atoms. The maximum absolute atomic E-state index is 12.0. The number of aromatic nitrogens is 3. The molecule has 9 heteroatoms. The highest BCUT2D eigenvalue weighted by molar-refractivity contribution is 7.88. The number of sulfonamides is 1. The fourth-order valence-electron chi connectivity index (χ4n) is 3.84. The summed E-state index contributed by atoms with van der Waals surface area (Å²) in [4.78, 5) is 17.1. The molecule has 3 aromatic heterocycles. The Hall–Kier alpha value is -2.88. The van der Waals surface area contributed by atoms with Gasteiger partial charge >= 0.3 is 0 Å². The van der Waals surface area contributed by atoms with Crippen LogP contribution in [0.3, 0.4) is 0 Å². The summed E-state index contributed by atoms with van der Waals surface area (Å²) in [5, 5.41) is 3.13. The normalized spacial score (nSPS) is 15.5. The summed E-state index contributed by atoms with van der Waals surface area (Å²) in [6, 6.07) is 14.0. The monoisotopic (exact) mass is 451 g/mol. The molecule has 0 amide bonds. The summed E-state index contributed by atoms with van der Waals surface area (Å²) in [7, 11) is -3.20. The second kappa shape index (κ2) is 7.99. The van der Waals surface area contributed by atoms with Crippen LogP contribution >= 0.6 is 11.3 Å². The molecule has 0 spiro atoms. The predicted molar refractivity (Wildman–Crippen MR) is 125 cm³/mol. The molecule has 0 N–H and O–H groups in total. The molecular formula is C22H21N5O2S2. The van der Waals surface area contributed by atoms with Crippen molar-refractivity contribution < 1.29 is 8.42 Å². The molecule has 0 unspecified atom stereocenters. The summed E-state index contributed by atoms with van der Waals surface area (Å²) < 4.78 is 25.4. The van der Waals surface area contributed by atoms with E-state index in [4.69, 9.17) is 9.97 Å². The summed E-state index contributed by atoms with van der Waals surface area (Å²) in [5.41, 5.74) is 3.07. The van der Waals surface area contributed by atoms with E-state index in [0.29, 0.717) is 32.0 Å². The number of hydrogen-bond donors (Lipinski definition) is 0. The smallest absolute Gasteiger partial charge is 0.211 e. The Kier molecular flexibility index (Phi) is 5.17. The molecule has 5 rings (SSSR count). The van der Waals surface area contributed by atoms with E-state index >= 15 is 0 Å². The van der Waals surface area contributed by atoms with Gasteiger partial charge in [-0.05, 0) is 17.7 Å². The lowest BCUT2D eigenvalue weighted by Gasteiger charge is -2.34. The van der Waals surface area contributed by atoms with E-state index in [1.165, 1.54) is 10.6 Å². The molecule has 0 aliphatic carbocycles. The van der Waals surface area contributed by atoms with Gasteiger partial charge in [0.05, 0.1) is 11.6 Å². The van der Waals surface area contributed by atoms with Crippen molar-refractivity contribution in [3.63, 3.8) is 0 Å². The third-order valence-corrected chi connectivity index (χ3v) is 7.60. The van der Waals surface area contributed by atoms with E-state index < -0.39 is 10.0 Å². The van der Waals surface area contributed by atoms with E-state index in [1.54, 1.807) is 23.7 Å². The summed E-state index contributed by atoms with van der Waals surface area (Å²) in [5.74, 6) is 1.47. The van der Waals surface area contributed by atoms with Crippen LogP contribution in [-0.2, 0) is 10.0 Å². The average molecular weight is 452 g/mol. The maximum Gasteiger partial charge on any atom is 0.211 e. The summed E-state index contributed by atoms with van der Waals surface area (Å²) in [6.07, 6.45) is 4.75. The summed E-state index contributed by atoms with van der Waals surface area (Å²) in [6.45, 7) is 2.04. The van der Waals surface area contributed by atoms with Crippen LogP contribution in [0.15, 0.2) is 60.2 Å². The van der Waals surface area contributed by atoms with E-state index in [0.717, 1.165) is 32.7 Å². The van der Waals surface area contributed by atoms with Crippen LogP contribution in [-0.4, -0.2) is 60.1 Å². The second-order valence-electron chi connectivity index (χ2n) is 7.46. The molecule has 1 aromatic carbocycles. The van der Waals surface area contributed by atoms with Gasteiger partial charge in [0.25, 0.3) is 0 Å². The van der Waals surface area contributed by atoms with Gasteiger partial charge in [-0.25, -0.2) is 18.4 Å². The van der Waals surface area contributed by atoms with Crippen molar-refractivity contribution in [3.8, 4) is 22.5 Å². The highest BCUT2D eigenvalue weighted by Gasteiger charge is 2.27. The first-order valence-electron chi connectivity index (χ1n) is 9.96. The first-order valence-corrected chi connectivity index (χ1v) is 12.7. The molecular weight excluding hydrogens is 430 g/mol. The zero-order chi connectivity index (χ0) is 21.4. The number of anilines is 1. The fourth-order valence-corrected chi connectivity index (χ4v) is 5.61. The van der Waals surface area contributed by atoms with E-state index in [2.05, 4.69) is 27.4 Å². The lowest BCUT2D eigenvalue weighted by atomic mass is 10.1. The van der Waals surface area contributed by atoms with Crippen molar-refractivity contribution >= 4 is 37.4 Å². The van der Waals surface area contributed by atoms with Crippen LogP contribution in [0, 0.1) is 0 Å². The quantitative estimate of drug-likeness (QED) is 0.473. The number of piperazine rings is 1. The molecule has 0 radical (unpaired) electrons. The second-order valence-corrected chi connectivity index (χ2v) is 10.3. The zero-order valence-electron chi connectivity index (χ0n) is 17.0. The van der Waals surface area contributed by atoms with Crippen molar-refractivity contribution in [2.75, 3.05) is 37.3 Å². The van der Waals surface area contributed by atoms with Gasteiger partial charge in [0, 0.05) is 55.1 Å². The molecule has 4 aromatic rings. The van der Waals surface area contributed by atoms with Gasteiger partial charge in [-0.3, -0.25) is 4.98 Å². The van der Waals surface area contributed by atoms with Crippen molar-refractivity contribution in [2.45, 2.75) is 0 Å². The Bertz CT molecular complexity index is 1320. The Balaban J connectivity index is 1.64. The standard InChI is InChI=1S/C22H21N5O2S2/c1-31(28,29)27-12-10-26(11-13-27)21-19-18(16-6-3-2-4-7-16)15-30-22(19)25-20(24-21)17-8-5-9-23-14-17/h2-9,14-15H,10-13H2,1H3. The lowest BCUT2D eigenvalue weighted by molar-refractivity contribution is 0.387. The summed E-state index contributed by atoms with van der Waals surface area (Å²) >= 11 is 1.60. The van der Waals surface area contributed by atoms with Crippen LogP contribution in [0.1, 0.15) is 0 Å². The van der Waals surface area contributed by atoms with Crippen LogP contribution in [0.4, 0.5) is 5.82 Å². The Morgan fingerprint density at radius 2 is 1.68 bits per heavy atom. The first kappa shape index (κ1) is 20.0. The predicted octanol–water partition coefficient (Wildman–Crippen LogP) is 3.50. The van der Waals surface area contributed by atoms with E-state index in [1.807, 2.05) is 30.3 Å². The largest absolute Gasteiger partial charge is 0.353 e. The van der Waals surface area contributed by atoms with E-state index in [9.17, 15) is 8.42 Å². The van der Waals surface area contributed by atoms with Crippen molar-refractivity contribution in [2.24, 2.45) is 0 Å². The molecule has 1 fully saturated rings. The topological polar surface area (TPSA) is 79.3 Å². The van der Waals surface area contributed by atoms with E-state index in [-0.39, 0.29) is 0 Å². The molecule has 7 nitrogen and oxygen atoms in total. The zero-order valence-corrected chi connectivity index (χ0v) is 18.6. The average Bonchev–Trinajstić information content (AvgIpc) is 3.23. The molecule has 0 atom stereocenters. The first-order chi connectivity index (χ1) is 15.0. The van der Waals surface area contributed by atoms with Crippen LogP contribution in [0.2, 0.25) is 0 Å². The van der Waals surface area contributed by atoms with Crippen LogP contribution in [0.5, 0.6) is 0 Å². The number of nitrogens with zero attached hydrogens (tertiary/aromatic N) is 5. The minimum Gasteiger partial charge on any atom is -0.353 e. The van der Waals surface area contributed by atoms with Gasteiger partial charge in [-0.1, -0.05) is 30.3 Å². The van der Waals surface area contributed by atoms with Gasteiger partial charge in [0.15, 0.2) is 5.82 Å². The SMILES string of the molecule is CS(=O)(=O)N1CCN(c2nc(-c3cccnc3)nc3scc(-c4ccccc4)c23)CC1. The Morgan fingerprint density at radius 1 is 0.935 bits per heavy atom. The van der Waals surface area contributed by atoms with Crippen molar-refractivity contribution in [3.05, 3.63) is 60.2 Å². The van der Waals surface area contributed by atoms with Gasteiger partial charge < -0.3 is 4.90 Å². The molecule has 158 valence electrons. The maximum atomic E-state index is 12.0. The number of thiophene rings is 1. The number of fused-ring (bicyclic) bond motifs is 1. The molecule has 0 saturated carbocycles. The van der Waals surface area contributed by atoms with Gasteiger partial charge in [0.2, 0.25) is 10.0 Å². The van der Waals surface area contributed by atoms with Crippen LogP contribution < -0.4 is 4.90 Å². The molecule has 1 saturated heterocycles. The van der Waals surface area contributed by atoms with Gasteiger partial charge in [-0.2, -0.15) is 4.31 Å². The molecule has 4 heterocycles. The molecule has 1 aliphatic heterocycles. The Labute approximate surface area is 185 Å². The number of benzene rings is 1. The van der Waals surface area contributed by atoms with Crippen molar-refractivity contribution in [1.29, 1.82) is 0 Å². The third kappa shape index (κ3) is 3.91. The lowest BCUT2D eigenvalue weighted by Crippen LogP contribution is -2.48. The van der Waals surface area contributed by atoms with Gasteiger partial charge in [-0.15, -0.1) is 11.3 Å². The minimum atomic E-state index is -3.20. The van der Waals surface area contributed by atoms with Crippen molar-refractivity contribution in [1.82, 2.24) is 19.3 Å². The van der Waals surface area contributed by atoms with Crippen LogP contribution in [0.25, 0.3) is 32.7 Å². The minimum absolute atomic E-state index is 0.442. The number of rotatable bonds is 4. The molecule has 0 bridgehead atoms. The Morgan fingerprint density at radius 3 is 2.35 bits per heavy atom. The fraction of sp³-hybridized carbons (Fsp3) is 0.227. The third-order valence-electron chi connectivity index (χ3n) is 5.43.